The summed E-state index contributed by atoms with van der Waals surface area (Å²) in [6, 6.07) is 46.4. The van der Waals surface area contributed by atoms with Crippen LogP contribution in [0.4, 0.5) is 0 Å². The first-order chi connectivity index (χ1) is 21.8. The van der Waals surface area contributed by atoms with Crippen LogP contribution in [-0.4, -0.2) is 29.9 Å². The van der Waals surface area contributed by atoms with Crippen molar-refractivity contribution in [3.63, 3.8) is 0 Å². The Kier molecular flexibility index (Phi) is 6.35. The highest BCUT2D eigenvalue weighted by Gasteiger charge is 2.15. The number of rotatable bonds is 5. The Morgan fingerprint density at radius 3 is 1.59 bits per heavy atom. The zero-order valence-corrected chi connectivity index (χ0v) is 23.5. The highest BCUT2D eigenvalue weighted by Crippen LogP contribution is 2.32. The van der Waals surface area contributed by atoms with Gasteiger partial charge in [-0.05, 0) is 35.7 Å². The third-order valence-electron chi connectivity index (χ3n) is 7.59. The van der Waals surface area contributed by atoms with E-state index in [4.69, 9.17) is 29.9 Å². The SMILES string of the molecule is c1ccc(-c2nc(-c3ccccc3)nc(-c3ccc(-c4cccc(-c5nc6ccccc6c6ccccc56)n4)cn3)n2)cc1. The molecule has 0 aliphatic heterocycles. The van der Waals surface area contributed by atoms with Crippen molar-refractivity contribution in [1.82, 2.24) is 29.9 Å². The van der Waals surface area contributed by atoms with Crippen molar-refractivity contribution in [2.75, 3.05) is 0 Å². The molecular weight excluding hydrogens is 540 g/mol. The van der Waals surface area contributed by atoms with Gasteiger partial charge >= 0.3 is 0 Å². The molecule has 0 saturated carbocycles. The van der Waals surface area contributed by atoms with Gasteiger partial charge in [0.05, 0.1) is 22.6 Å². The van der Waals surface area contributed by atoms with E-state index in [1.54, 1.807) is 0 Å². The number of pyridine rings is 3. The van der Waals surface area contributed by atoms with Crippen molar-refractivity contribution in [3.05, 3.63) is 146 Å². The Balaban J connectivity index is 1.19. The third kappa shape index (κ3) is 4.74. The molecule has 0 atom stereocenters. The molecule has 0 aliphatic rings. The highest BCUT2D eigenvalue weighted by molar-refractivity contribution is 6.10. The van der Waals surface area contributed by atoms with Gasteiger partial charge < -0.3 is 0 Å². The molecule has 0 fully saturated rings. The van der Waals surface area contributed by atoms with Crippen molar-refractivity contribution in [1.29, 1.82) is 0 Å². The van der Waals surface area contributed by atoms with E-state index >= 15 is 0 Å². The number of hydrogen-bond acceptors (Lipinski definition) is 6. The summed E-state index contributed by atoms with van der Waals surface area (Å²) in [5.74, 6) is 1.72. The van der Waals surface area contributed by atoms with Crippen LogP contribution in [0.25, 0.3) is 78.6 Å². The lowest BCUT2D eigenvalue weighted by Crippen LogP contribution is -2.01. The summed E-state index contributed by atoms with van der Waals surface area (Å²) in [7, 11) is 0. The predicted molar refractivity (Wildman–Crippen MR) is 175 cm³/mol. The van der Waals surface area contributed by atoms with Gasteiger partial charge in [0.25, 0.3) is 0 Å². The Labute approximate surface area is 253 Å². The van der Waals surface area contributed by atoms with Crippen LogP contribution in [0.1, 0.15) is 0 Å². The third-order valence-corrected chi connectivity index (χ3v) is 7.59. The van der Waals surface area contributed by atoms with E-state index in [-0.39, 0.29) is 0 Å². The fourth-order valence-electron chi connectivity index (χ4n) is 5.43. The smallest absolute Gasteiger partial charge is 0.182 e. The quantitative estimate of drug-likeness (QED) is 0.195. The maximum Gasteiger partial charge on any atom is 0.182 e. The van der Waals surface area contributed by atoms with Crippen LogP contribution in [0.15, 0.2) is 146 Å². The van der Waals surface area contributed by atoms with E-state index in [9.17, 15) is 0 Å². The lowest BCUT2D eigenvalue weighted by atomic mass is 10.0. The van der Waals surface area contributed by atoms with Crippen LogP contribution in [0, 0.1) is 0 Å². The molecule has 6 nitrogen and oxygen atoms in total. The Morgan fingerprint density at radius 1 is 0.318 bits per heavy atom. The zero-order valence-electron chi connectivity index (χ0n) is 23.5. The fraction of sp³-hybridized carbons (Fsp3) is 0. The topological polar surface area (TPSA) is 77.3 Å². The van der Waals surface area contributed by atoms with Crippen LogP contribution >= 0.6 is 0 Å². The van der Waals surface area contributed by atoms with Gasteiger partial charge in [0.1, 0.15) is 5.69 Å². The number of nitrogens with zero attached hydrogens (tertiary/aromatic N) is 6. The predicted octanol–water partition coefficient (Wildman–Crippen LogP) is 8.70. The average Bonchev–Trinajstić information content (AvgIpc) is 3.12. The van der Waals surface area contributed by atoms with Crippen LogP contribution in [0.2, 0.25) is 0 Å². The second kappa shape index (κ2) is 10.9. The molecule has 0 N–H and O–H groups in total. The summed E-state index contributed by atoms with van der Waals surface area (Å²) in [6.07, 6.45) is 1.82. The zero-order chi connectivity index (χ0) is 29.3. The first-order valence-corrected chi connectivity index (χ1v) is 14.4. The molecule has 0 spiro atoms. The monoisotopic (exact) mass is 564 g/mol. The molecule has 206 valence electrons. The minimum Gasteiger partial charge on any atom is -0.252 e. The summed E-state index contributed by atoms with van der Waals surface area (Å²) in [5.41, 5.74) is 6.81. The number of hydrogen-bond donors (Lipinski definition) is 0. The first kappa shape index (κ1) is 25.6. The van der Waals surface area contributed by atoms with Crippen molar-refractivity contribution in [3.8, 4) is 56.9 Å². The molecule has 4 aromatic heterocycles. The lowest BCUT2D eigenvalue weighted by molar-refractivity contribution is 1.06. The number of fused-ring (bicyclic) bond motifs is 3. The van der Waals surface area contributed by atoms with Gasteiger partial charge in [-0.25, -0.2) is 24.9 Å². The standard InChI is InChI=1S/C38H24N6/c1-3-12-25(13-4-1)36-42-37(26-14-5-2-6-15-26)44-38(43-36)34-23-22-27(24-39-34)31-20-11-21-33(40-31)35-30-18-8-7-16-28(30)29-17-9-10-19-32(29)41-35/h1-24H. The fourth-order valence-corrected chi connectivity index (χ4v) is 5.43. The summed E-state index contributed by atoms with van der Waals surface area (Å²) < 4.78 is 0. The van der Waals surface area contributed by atoms with Gasteiger partial charge in [-0.2, -0.15) is 0 Å². The van der Waals surface area contributed by atoms with Gasteiger partial charge in [-0.15, -0.1) is 0 Å². The largest absolute Gasteiger partial charge is 0.252 e. The van der Waals surface area contributed by atoms with Gasteiger partial charge in [0.2, 0.25) is 0 Å². The summed E-state index contributed by atoms with van der Waals surface area (Å²) >= 11 is 0. The van der Waals surface area contributed by atoms with Gasteiger partial charge in [0.15, 0.2) is 17.5 Å². The molecule has 6 heteroatoms. The molecule has 8 rings (SSSR count). The van der Waals surface area contributed by atoms with E-state index in [1.807, 2.05) is 121 Å². The first-order valence-electron chi connectivity index (χ1n) is 14.4. The molecule has 8 aromatic rings. The van der Waals surface area contributed by atoms with Crippen molar-refractivity contribution in [2.45, 2.75) is 0 Å². The van der Waals surface area contributed by atoms with Crippen LogP contribution in [-0.2, 0) is 0 Å². The molecule has 0 saturated heterocycles. The Bertz CT molecular complexity index is 2210. The number of aromatic nitrogens is 6. The van der Waals surface area contributed by atoms with E-state index in [0.717, 1.165) is 55.4 Å². The van der Waals surface area contributed by atoms with Crippen molar-refractivity contribution in [2.24, 2.45) is 0 Å². The molecule has 0 bridgehead atoms. The van der Waals surface area contributed by atoms with Crippen LogP contribution < -0.4 is 0 Å². The van der Waals surface area contributed by atoms with Crippen molar-refractivity contribution >= 4 is 21.7 Å². The van der Waals surface area contributed by atoms with Gasteiger partial charge in [-0.1, -0.05) is 109 Å². The minimum atomic E-state index is 0.512. The second-order valence-electron chi connectivity index (χ2n) is 10.4. The molecule has 0 aliphatic carbocycles. The minimum absolute atomic E-state index is 0.512. The average molecular weight is 565 g/mol. The molecular formula is C38H24N6. The molecule has 0 radical (unpaired) electrons. The summed E-state index contributed by atoms with van der Waals surface area (Å²) in [6.45, 7) is 0. The number of benzene rings is 4. The maximum absolute atomic E-state index is 5.04. The second-order valence-corrected chi connectivity index (χ2v) is 10.4. The van der Waals surface area contributed by atoms with Crippen molar-refractivity contribution < 1.29 is 0 Å². The Morgan fingerprint density at radius 2 is 0.909 bits per heavy atom. The maximum atomic E-state index is 5.04. The van der Waals surface area contributed by atoms with Gasteiger partial charge in [0, 0.05) is 33.7 Å². The van der Waals surface area contributed by atoms with E-state index in [1.165, 1.54) is 0 Å². The van der Waals surface area contributed by atoms with E-state index in [0.29, 0.717) is 23.2 Å². The molecule has 0 amide bonds. The van der Waals surface area contributed by atoms with Gasteiger partial charge in [-0.3, -0.25) is 4.98 Å². The van der Waals surface area contributed by atoms with Crippen LogP contribution in [0.3, 0.4) is 0 Å². The van der Waals surface area contributed by atoms with Crippen LogP contribution in [0.5, 0.6) is 0 Å². The summed E-state index contributed by atoms with van der Waals surface area (Å²) in [5, 5.41) is 3.36. The molecule has 4 aromatic carbocycles. The highest BCUT2D eigenvalue weighted by atomic mass is 15.0. The molecule has 4 heterocycles. The van der Waals surface area contributed by atoms with E-state index < -0.39 is 0 Å². The Hall–Kier alpha value is -6.14. The molecule has 44 heavy (non-hydrogen) atoms. The van der Waals surface area contributed by atoms with E-state index in [2.05, 4.69) is 24.3 Å². The normalized spacial score (nSPS) is 11.2. The number of para-hydroxylation sites is 1. The lowest BCUT2D eigenvalue weighted by Gasteiger charge is -2.11. The molecule has 0 unspecified atom stereocenters. The summed E-state index contributed by atoms with van der Waals surface area (Å²) in [4.78, 5) is 29.2.